The van der Waals surface area contributed by atoms with E-state index in [2.05, 4.69) is 73.1 Å². The van der Waals surface area contributed by atoms with Crippen molar-refractivity contribution < 1.29 is 0 Å². The molecule has 1 aliphatic rings. The van der Waals surface area contributed by atoms with E-state index in [0.717, 1.165) is 35.4 Å². The van der Waals surface area contributed by atoms with Crippen molar-refractivity contribution in [2.45, 2.75) is 33.6 Å². The molecule has 2 aromatic heterocycles. The zero-order chi connectivity index (χ0) is 20.1. The van der Waals surface area contributed by atoms with Gasteiger partial charge in [0.25, 0.3) is 0 Å². The third kappa shape index (κ3) is 3.11. The summed E-state index contributed by atoms with van der Waals surface area (Å²) in [5.74, 6) is 0.921. The Morgan fingerprint density at radius 2 is 1.83 bits per heavy atom. The van der Waals surface area contributed by atoms with E-state index in [9.17, 15) is 0 Å². The van der Waals surface area contributed by atoms with E-state index in [4.69, 9.17) is 16.6 Å². The Bertz CT molecular complexity index is 1240. The van der Waals surface area contributed by atoms with Gasteiger partial charge in [-0.15, -0.1) is 11.3 Å². The van der Waals surface area contributed by atoms with Crippen LogP contribution < -0.4 is 4.90 Å². The van der Waals surface area contributed by atoms with Crippen molar-refractivity contribution in [3.63, 3.8) is 0 Å². The second kappa shape index (κ2) is 7.12. The number of para-hydroxylation sites is 1. The quantitative estimate of drug-likeness (QED) is 0.327. The van der Waals surface area contributed by atoms with Crippen LogP contribution in [0, 0.1) is 20.8 Å². The minimum Gasteiger partial charge on any atom is -0.325 e. The number of hydrogen-bond donors (Lipinski definition) is 0. The van der Waals surface area contributed by atoms with Gasteiger partial charge in [0.05, 0.1) is 5.39 Å². The summed E-state index contributed by atoms with van der Waals surface area (Å²) < 4.78 is 0. The Hall–Kier alpha value is -2.43. The number of fused-ring (bicyclic) bond motifs is 2. The molecule has 5 rings (SSSR count). The third-order valence-electron chi connectivity index (χ3n) is 5.84. The van der Waals surface area contributed by atoms with E-state index in [0.29, 0.717) is 5.28 Å². The fourth-order valence-electron chi connectivity index (χ4n) is 4.26. The predicted octanol–water partition coefficient (Wildman–Crippen LogP) is 7.02. The molecule has 1 aliphatic heterocycles. The molecule has 0 fully saturated rings. The van der Waals surface area contributed by atoms with Gasteiger partial charge >= 0.3 is 0 Å². The lowest BCUT2D eigenvalue weighted by Gasteiger charge is -2.31. The van der Waals surface area contributed by atoms with Crippen molar-refractivity contribution in [2.75, 3.05) is 11.4 Å². The average Bonchev–Trinajstić information content (AvgIpc) is 3.04. The monoisotopic (exact) mass is 419 g/mol. The van der Waals surface area contributed by atoms with E-state index in [-0.39, 0.29) is 0 Å². The molecule has 0 atom stereocenters. The third-order valence-corrected chi connectivity index (χ3v) is 7.01. The van der Waals surface area contributed by atoms with Crippen molar-refractivity contribution in [1.82, 2.24) is 9.97 Å². The number of rotatable bonds is 2. The van der Waals surface area contributed by atoms with Crippen molar-refractivity contribution in [3.05, 3.63) is 69.3 Å². The number of aryl methyl sites for hydroxylation is 4. The number of anilines is 2. The van der Waals surface area contributed by atoms with Gasteiger partial charge in [-0.2, -0.15) is 4.98 Å². The van der Waals surface area contributed by atoms with Crippen LogP contribution in [0.3, 0.4) is 0 Å². The van der Waals surface area contributed by atoms with Crippen LogP contribution in [0.1, 0.15) is 28.0 Å². The molecule has 0 saturated carbocycles. The van der Waals surface area contributed by atoms with E-state index in [1.807, 2.05) is 0 Å². The van der Waals surface area contributed by atoms with Gasteiger partial charge in [0, 0.05) is 22.7 Å². The lowest BCUT2D eigenvalue weighted by atomic mass is 9.98. The van der Waals surface area contributed by atoms with Crippen LogP contribution in [-0.2, 0) is 6.42 Å². The number of benzene rings is 2. The molecule has 5 heteroatoms. The maximum Gasteiger partial charge on any atom is 0.225 e. The highest BCUT2D eigenvalue weighted by Crippen LogP contribution is 2.45. The summed E-state index contributed by atoms with van der Waals surface area (Å²) >= 11 is 8.08. The highest BCUT2D eigenvalue weighted by atomic mass is 35.5. The molecule has 0 aliphatic carbocycles. The van der Waals surface area contributed by atoms with Crippen LogP contribution in [0.4, 0.5) is 11.5 Å². The van der Waals surface area contributed by atoms with Crippen molar-refractivity contribution in [2.24, 2.45) is 0 Å². The number of thiophene rings is 1. The van der Waals surface area contributed by atoms with Crippen molar-refractivity contribution in [3.8, 4) is 11.1 Å². The van der Waals surface area contributed by atoms with Gasteiger partial charge in [0.1, 0.15) is 10.6 Å². The molecule has 146 valence electrons. The Labute approximate surface area is 180 Å². The zero-order valence-electron chi connectivity index (χ0n) is 16.8. The first-order chi connectivity index (χ1) is 14.0. The second-order valence-electron chi connectivity index (χ2n) is 7.71. The van der Waals surface area contributed by atoms with Gasteiger partial charge in [0.15, 0.2) is 0 Å². The summed E-state index contributed by atoms with van der Waals surface area (Å²) in [6.45, 7) is 7.41. The maximum atomic E-state index is 6.38. The number of halogens is 1. The maximum absolute atomic E-state index is 6.38. The Kier molecular flexibility index (Phi) is 4.56. The molecular weight excluding hydrogens is 398 g/mol. The molecule has 0 amide bonds. The number of hydrogen-bond acceptors (Lipinski definition) is 4. The highest BCUT2D eigenvalue weighted by Gasteiger charge is 2.25. The topological polar surface area (TPSA) is 29.0 Å². The molecule has 0 N–H and O–H groups in total. The molecule has 0 saturated heterocycles. The Morgan fingerprint density at radius 1 is 1.00 bits per heavy atom. The van der Waals surface area contributed by atoms with Crippen LogP contribution >= 0.6 is 22.9 Å². The van der Waals surface area contributed by atoms with Crippen LogP contribution in [0.15, 0.2) is 42.5 Å². The first kappa shape index (κ1) is 18.6. The molecule has 0 radical (unpaired) electrons. The van der Waals surface area contributed by atoms with Crippen LogP contribution in [0.2, 0.25) is 5.28 Å². The lowest BCUT2D eigenvalue weighted by Crippen LogP contribution is -2.25. The van der Waals surface area contributed by atoms with Gasteiger partial charge in [-0.25, -0.2) is 4.98 Å². The number of aromatic nitrogens is 2. The number of nitrogens with zero attached hydrogens (tertiary/aromatic N) is 3. The molecule has 3 heterocycles. The fraction of sp³-hybridized carbons (Fsp3) is 0.250. The van der Waals surface area contributed by atoms with Crippen molar-refractivity contribution in [1.29, 1.82) is 0 Å². The van der Waals surface area contributed by atoms with Crippen LogP contribution in [0.5, 0.6) is 0 Å². The van der Waals surface area contributed by atoms with Gasteiger partial charge in [-0.05, 0) is 73.5 Å². The molecule has 3 nitrogen and oxygen atoms in total. The second-order valence-corrected chi connectivity index (χ2v) is 9.25. The van der Waals surface area contributed by atoms with Gasteiger partial charge in [-0.1, -0.05) is 36.4 Å². The van der Waals surface area contributed by atoms with E-state index in [1.165, 1.54) is 38.4 Å². The molecule has 4 aromatic rings. The summed E-state index contributed by atoms with van der Waals surface area (Å²) in [7, 11) is 0. The zero-order valence-corrected chi connectivity index (χ0v) is 18.4. The molecule has 29 heavy (non-hydrogen) atoms. The highest BCUT2D eigenvalue weighted by molar-refractivity contribution is 7.19. The van der Waals surface area contributed by atoms with Gasteiger partial charge in [-0.3, -0.25) is 0 Å². The van der Waals surface area contributed by atoms with E-state index < -0.39 is 0 Å². The Balaban J connectivity index is 1.80. The standard InChI is InChI=1S/C24H22ClN3S/c1-14-10-11-18(13-15(14)2)20-16(3)29-23-21(20)22(26-24(25)27-23)28-12-6-8-17-7-4-5-9-19(17)28/h4-5,7,9-11,13H,6,8,12H2,1-3H3. The predicted molar refractivity (Wildman–Crippen MR) is 124 cm³/mol. The summed E-state index contributed by atoms with van der Waals surface area (Å²) in [6, 6.07) is 15.3. The average molecular weight is 420 g/mol. The largest absolute Gasteiger partial charge is 0.325 e. The van der Waals surface area contributed by atoms with E-state index in [1.54, 1.807) is 11.3 Å². The summed E-state index contributed by atoms with van der Waals surface area (Å²) in [5.41, 5.74) is 7.62. The van der Waals surface area contributed by atoms with Crippen LogP contribution in [0.25, 0.3) is 21.3 Å². The van der Waals surface area contributed by atoms with Crippen molar-refractivity contribution >= 4 is 44.7 Å². The summed E-state index contributed by atoms with van der Waals surface area (Å²) in [5, 5.41) is 1.42. The molecular formula is C24H22ClN3S. The minimum atomic E-state index is 0.309. The summed E-state index contributed by atoms with van der Waals surface area (Å²) in [4.78, 5) is 13.8. The molecule has 0 bridgehead atoms. The van der Waals surface area contributed by atoms with Gasteiger partial charge < -0.3 is 4.90 Å². The summed E-state index contributed by atoms with van der Waals surface area (Å²) in [6.07, 6.45) is 2.20. The SMILES string of the molecule is Cc1ccc(-c2c(C)sc3nc(Cl)nc(N4CCCc5ccccc54)c23)cc1C. The fourth-order valence-corrected chi connectivity index (χ4v) is 5.52. The smallest absolute Gasteiger partial charge is 0.225 e. The lowest BCUT2D eigenvalue weighted by molar-refractivity contribution is 0.761. The normalized spacial score (nSPS) is 13.7. The minimum absolute atomic E-state index is 0.309. The van der Waals surface area contributed by atoms with E-state index >= 15 is 0 Å². The molecule has 0 unspecified atom stereocenters. The first-order valence-corrected chi connectivity index (χ1v) is 11.1. The van der Waals surface area contributed by atoms with Gasteiger partial charge in [0.2, 0.25) is 5.28 Å². The first-order valence-electron chi connectivity index (χ1n) is 9.92. The molecule has 2 aromatic carbocycles. The Morgan fingerprint density at radius 3 is 2.66 bits per heavy atom. The van der Waals surface area contributed by atoms with Crippen LogP contribution in [-0.4, -0.2) is 16.5 Å². The molecule has 0 spiro atoms.